The highest BCUT2D eigenvalue weighted by Gasteiger charge is 2.30. The normalized spacial score (nSPS) is 19.2. The first-order valence-electron chi connectivity index (χ1n) is 6.58. The van der Waals surface area contributed by atoms with Crippen molar-refractivity contribution in [2.45, 2.75) is 19.5 Å². The van der Waals surface area contributed by atoms with Gasteiger partial charge in [-0.3, -0.25) is 10.1 Å². The van der Waals surface area contributed by atoms with Crippen molar-refractivity contribution in [2.24, 2.45) is 0 Å². The Bertz CT molecular complexity index is 422. The van der Waals surface area contributed by atoms with E-state index in [9.17, 15) is 4.79 Å². The van der Waals surface area contributed by atoms with Crippen LogP contribution in [-0.2, 0) is 9.53 Å². The Hall–Kier alpha value is -1.10. The molecular formula is C14H19ClN2O2. The molecule has 4 nitrogen and oxygen atoms in total. The molecule has 0 saturated carbocycles. The maximum atomic E-state index is 11.9. The van der Waals surface area contributed by atoms with Crippen LogP contribution in [0.5, 0.6) is 0 Å². The van der Waals surface area contributed by atoms with Crippen LogP contribution in [0.3, 0.4) is 0 Å². The zero-order chi connectivity index (χ0) is 13.7. The molecule has 19 heavy (non-hydrogen) atoms. The van der Waals surface area contributed by atoms with E-state index in [0.29, 0.717) is 31.3 Å². The molecule has 1 atom stereocenters. The van der Waals surface area contributed by atoms with E-state index in [-0.39, 0.29) is 12.1 Å². The number of hydrogen-bond acceptors (Lipinski definition) is 3. The minimum absolute atomic E-state index is 0.0496. The van der Waals surface area contributed by atoms with Crippen molar-refractivity contribution in [3.05, 3.63) is 34.9 Å². The minimum Gasteiger partial charge on any atom is -0.382 e. The van der Waals surface area contributed by atoms with Gasteiger partial charge < -0.3 is 9.64 Å². The van der Waals surface area contributed by atoms with Crippen LogP contribution in [0, 0.1) is 0 Å². The third-order valence-electron chi connectivity index (χ3n) is 3.16. The van der Waals surface area contributed by atoms with E-state index in [0.717, 1.165) is 12.0 Å². The number of halogens is 1. The van der Waals surface area contributed by atoms with E-state index >= 15 is 0 Å². The van der Waals surface area contributed by atoms with Crippen LogP contribution in [0.4, 0.5) is 0 Å². The topological polar surface area (TPSA) is 41.6 Å². The summed E-state index contributed by atoms with van der Waals surface area (Å²) in [7, 11) is 0. The van der Waals surface area contributed by atoms with Crippen LogP contribution in [-0.4, -0.2) is 37.1 Å². The summed E-state index contributed by atoms with van der Waals surface area (Å²) in [5, 5.41) is 3.93. The monoisotopic (exact) mass is 282 g/mol. The van der Waals surface area contributed by atoms with Crippen molar-refractivity contribution in [3.63, 3.8) is 0 Å². The van der Waals surface area contributed by atoms with Crippen molar-refractivity contribution in [1.29, 1.82) is 0 Å². The lowest BCUT2D eigenvalue weighted by Gasteiger charge is -2.24. The van der Waals surface area contributed by atoms with Crippen LogP contribution in [0.15, 0.2) is 24.3 Å². The fourth-order valence-electron chi connectivity index (χ4n) is 2.22. The molecule has 1 aliphatic heterocycles. The number of nitrogens with zero attached hydrogens (tertiary/aromatic N) is 1. The number of carbonyl (C=O) groups is 1. The van der Waals surface area contributed by atoms with Gasteiger partial charge in [0.1, 0.15) is 6.17 Å². The van der Waals surface area contributed by atoms with Gasteiger partial charge in [0.15, 0.2) is 0 Å². The summed E-state index contributed by atoms with van der Waals surface area (Å²) in [4.78, 5) is 13.7. The van der Waals surface area contributed by atoms with Crippen molar-refractivity contribution >= 4 is 17.5 Å². The van der Waals surface area contributed by atoms with Gasteiger partial charge in [-0.05, 0) is 31.0 Å². The predicted molar refractivity (Wildman–Crippen MR) is 75.0 cm³/mol. The van der Waals surface area contributed by atoms with Crippen molar-refractivity contribution in [3.8, 4) is 0 Å². The molecule has 1 fully saturated rings. The van der Waals surface area contributed by atoms with Gasteiger partial charge in [0, 0.05) is 24.8 Å². The quantitative estimate of drug-likeness (QED) is 0.814. The van der Waals surface area contributed by atoms with E-state index in [2.05, 4.69) is 5.32 Å². The third-order valence-corrected chi connectivity index (χ3v) is 3.41. The Labute approximate surface area is 118 Å². The lowest BCUT2D eigenvalue weighted by atomic mass is 10.1. The Morgan fingerprint density at radius 3 is 2.84 bits per heavy atom. The molecule has 1 aromatic rings. The largest absolute Gasteiger partial charge is 0.382 e. The number of hydrogen-bond donors (Lipinski definition) is 1. The summed E-state index contributed by atoms with van der Waals surface area (Å²) in [6.45, 7) is 4.47. The van der Waals surface area contributed by atoms with Gasteiger partial charge in [-0.25, -0.2) is 0 Å². The summed E-state index contributed by atoms with van der Waals surface area (Å²) in [5.74, 6) is 0.136. The molecule has 0 aromatic heterocycles. The molecule has 1 aromatic carbocycles. The van der Waals surface area contributed by atoms with Gasteiger partial charge in [0.05, 0.1) is 6.54 Å². The van der Waals surface area contributed by atoms with Crippen molar-refractivity contribution in [1.82, 2.24) is 10.2 Å². The molecule has 0 aliphatic carbocycles. The standard InChI is InChI=1S/C14H19ClN2O2/c1-2-19-9-3-8-17-13(18)10-16-14(17)11-4-6-12(15)7-5-11/h4-7,14,16H,2-3,8-10H2,1H3. The van der Waals surface area contributed by atoms with Gasteiger partial charge in [0.25, 0.3) is 0 Å². The molecule has 1 heterocycles. The van der Waals surface area contributed by atoms with E-state index < -0.39 is 0 Å². The highest BCUT2D eigenvalue weighted by Crippen LogP contribution is 2.23. The highest BCUT2D eigenvalue weighted by molar-refractivity contribution is 6.30. The van der Waals surface area contributed by atoms with Crippen LogP contribution in [0.2, 0.25) is 5.02 Å². The number of ether oxygens (including phenoxy) is 1. The molecule has 0 spiro atoms. The smallest absolute Gasteiger partial charge is 0.238 e. The zero-order valence-corrected chi connectivity index (χ0v) is 11.8. The highest BCUT2D eigenvalue weighted by atomic mass is 35.5. The van der Waals surface area contributed by atoms with Gasteiger partial charge in [-0.1, -0.05) is 23.7 Å². The van der Waals surface area contributed by atoms with Gasteiger partial charge in [0.2, 0.25) is 5.91 Å². The lowest BCUT2D eigenvalue weighted by Crippen LogP contribution is -2.31. The number of carbonyl (C=O) groups excluding carboxylic acids is 1. The van der Waals surface area contributed by atoms with Gasteiger partial charge >= 0.3 is 0 Å². The molecule has 1 amide bonds. The van der Waals surface area contributed by atoms with Gasteiger partial charge in [-0.15, -0.1) is 0 Å². The molecular weight excluding hydrogens is 264 g/mol. The van der Waals surface area contributed by atoms with E-state index in [1.165, 1.54) is 0 Å². The molecule has 1 N–H and O–H groups in total. The van der Waals surface area contributed by atoms with Crippen molar-refractivity contribution < 1.29 is 9.53 Å². The van der Waals surface area contributed by atoms with Gasteiger partial charge in [-0.2, -0.15) is 0 Å². The third kappa shape index (κ3) is 3.69. The second-order valence-corrected chi connectivity index (χ2v) is 4.91. The molecule has 5 heteroatoms. The van der Waals surface area contributed by atoms with E-state index in [1.54, 1.807) is 0 Å². The summed E-state index contributed by atoms with van der Waals surface area (Å²) in [6.07, 6.45) is 0.803. The average Bonchev–Trinajstić information content (AvgIpc) is 2.77. The Kier molecular flexibility index (Phi) is 5.19. The molecule has 0 radical (unpaired) electrons. The first-order chi connectivity index (χ1) is 9.22. The van der Waals surface area contributed by atoms with Crippen LogP contribution >= 0.6 is 11.6 Å². The molecule has 1 unspecified atom stereocenters. The van der Waals surface area contributed by atoms with E-state index in [1.807, 2.05) is 36.1 Å². The maximum Gasteiger partial charge on any atom is 0.238 e. The molecule has 1 aliphatic rings. The first-order valence-corrected chi connectivity index (χ1v) is 6.96. The Morgan fingerprint density at radius 1 is 1.42 bits per heavy atom. The second-order valence-electron chi connectivity index (χ2n) is 4.47. The van der Waals surface area contributed by atoms with Crippen molar-refractivity contribution in [2.75, 3.05) is 26.3 Å². The minimum atomic E-state index is -0.0496. The number of rotatable bonds is 6. The molecule has 0 bridgehead atoms. The number of benzene rings is 1. The first kappa shape index (κ1) is 14.3. The predicted octanol–water partition coefficient (Wildman–Crippen LogP) is 2.20. The molecule has 104 valence electrons. The average molecular weight is 283 g/mol. The van der Waals surface area contributed by atoms with E-state index in [4.69, 9.17) is 16.3 Å². The fraction of sp³-hybridized carbons (Fsp3) is 0.500. The summed E-state index contributed by atoms with van der Waals surface area (Å²) >= 11 is 5.88. The summed E-state index contributed by atoms with van der Waals surface area (Å²) < 4.78 is 5.31. The number of nitrogens with one attached hydrogen (secondary N) is 1. The second kappa shape index (κ2) is 6.89. The van der Waals surface area contributed by atoms with Crippen LogP contribution in [0.25, 0.3) is 0 Å². The fourth-order valence-corrected chi connectivity index (χ4v) is 2.34. The Morgan fingerprint density at radius 2 is 2.16 bits per heavy atom. The SMILES string of the molecule is CCOCCCN1C(=O)CNC1c1ccc(Cl)cc1. The van der Waals surface area contributed by atoms with Crippen LogP contribution < -0.4 is 5.32 Å². The molecule has 2 rings (SSSR count). The maximum absolute atomic E-state index is 11.9. The zero-order valence-electron chi connectivity index (χ0n) is 11.1. The summed E-state index contributed by atoms with van der Waals surface area (Å²) in [5.41, 5.74) is 1.06. The lowest BCUT2D eigenvalue weighted by molar-refractivity contribution is -0.128. The number of amides is 1. The van der Waals surface area contributed by atoms with Crippen LogP contribution in [0.1, 0.15) is 25.1 Å². The summed E-state index contributed by atoms with van der Waals surface area (Å²) in [6, 6.07) is 7.60. The Balaban J connectivity index is 1.98. The molecule has 1 saturated heterocycles.